The zero-order valence-corrected chi connectivity index (χ0v) is 14.9. The molecule has 1 aromatic heterocycles. The highest BCUT2D eigenvalue weighted by Gasteiger charge is 2.10. The van der Waals surface area contributed by atoms with E-state index in [1.807, 2.05) is 19.1 Å². The van der Waals surface area contributed by atoms with Crippen LogP contribution in [0.25, 0.3) is 0 Å². The standard InChI is InChI=1S/C15H14Cl3N3O2/c1-8(10-5-4-9(22-2)6-13(10)23-3)20-21-15-12(17)7-11(16)14(18)19-15/h4-7H,1-3H3,(H,19,21). The van der Waals surface area contributed by atoms with Crippen LogP contribution in [0.15, 0.2) is 29.4 Å². The predicted molar refractivity (Wildman–Crippen MR) is 94.6 cm³/mol. The molecule has 0 atom stereocenters. The Morgan fingerprint density at radius 3 is 2.48 bits per heavy atom. The number of methoxy groups -OCH3 is 2. The summed E-state index contributed by atoms with van der Waals surface area (Å²) >= 11 is 17.8. The molecule has 0 fully saturated rings. The van der Waals surface area contributed by atoms with Crippen LogP contribution in [0.2, 0.25) is 15.2 Å². The van der Waals surface area contributed by atoms with Gasteiger partial charge in [-0.05, 0) is 25.1 Å². The Morgan fingerprint density at radius 2 is 1.83 bits per heavy atom. The van der Waals surface area contributed by atoms with Crippen LogP contribution in [0, 0.1) is 0 Å². The van der Waals surface area contributed by atoms with E-state index in [0.29, 0.717) is 28.1 Å². The van der Waals surface area contributed by atoms with Gasteiger partial charge in [0.1, 0.15) is 16.7 Å². The Balaban J connectivity index is 2.29. The van der Waals surface area contributed by atoms with Gasteiger partial charge in [0, 0.05) is 11.6 Å². The van der Waals surface area contributed by atoms with Gasteiger partial charge in [-0.3, -0.25) is 5.43 Å². The van der Waals surface area contributed by atoms with Gasteiger partial charge in [-0.1, -0.05) is 34.8 Å². The molecule has 0 radical (unpaired) electrons. The molecule has 23 heavy (non-hydrogen) atoms. The number of ether oxygens (including phenoxy) is 2. The topological polar surface area (TPSA) is 55.7 Å². The first-order chi connectivity index (χ1) is 11.0. The third-order valence-electron chi connectivity index (χ3n) is 3.01. The van der Waals surface area contributed by atoms with Crippen LogP contribution >= 0.6 is 34.8 Å². The number of rotatable bonds is 5. The van der Waals surface area contributed by atoms with Gasteiger partial charge in [-0.2, -0.15) is 5.10 Å². The van der Waals surface area contributed by atoms with Crippen molar-refractivity contribution in [2.75, 3.05) is 19.6 Å². The third kappa shape index (κ3) is 4.19. The van der Waals surface area contributed by atoms with Crippen molar-refractivity contribution in [1.29, 1.82) is 0 Å². The van der Waals surface area contributed by atoms with Gasteiger partial charge in [0.2, 0.25) is 0 Å². The van der Waals surface area contributed by atoms with E-state index < -0.39 is 0 Å². The number of nitrogens with zero attached hydrogens (tertiary/aromatic N) is 2. The number of halogens is 3. The van der Waals surface area contributed by atoms with Gasteiger partial charge in [-0.15, -0.1) is 0 Å². The Kier molecular flexibility index (Phi) is 5.93. The highest BCUT2D eigenvalue weighted by atomic mass is 35.5. The molecule has 1 heterocycles. The highest BCUT2D eigenvalue weighted by molar-refractivity contribution is 6.42. The first-order valence-electron chi connectivity index (χ1n) is 6.50. The van der Waals surface area contributed by atoms with Crippen LogP contribution in [0.4, 0.5) is 5.82 Å². The maximum Gasteiger partial charge on any atom is 0.166 e. The second kappa shape index (κ2) is 7.73. The fourth-order valence-corrected chi connectivity index (χ4v) is 2.36. The summed E-state index contributed by atoms with van der Waals surface area (Å²) in [6.07, 6.45) is 0. The molecule has 0 bridgehead atoms. The van der Waals surface area contributed by atoms with Crippen molar-refractivity contribution in [2.45, 2.75) is 6.92 Å². The fourth-order valence-electron chi connectivity index (χ4n) is 1.82. The van der Waals surface area contributed by atoms with Crippen LogP contribution in [0.3, 0.4) is 0 Å². The zero-order chi connectivity index (χ0) is 17.0. The molecule has 2 rings (SSSR count). The number of hydrogen-bond donors (Lipinski definition) is 1. The molecular formula is C15H14Cl3N3O2. The van der Waals surface area contributed by atoms with Crippen molar-refractivity contribution >= 4 is 46.3 Å². The molecular weight excluding hydrogens is 361 g/mol. The lowest BCUT2D eigenvalue weighted by Gasteiger charge is -2.11. The Labute approximate surface area is 149 Å². The number of nitrogens with one attached hydrogen (secondary N) is 1. The SMILES string of the molecule is COc1ccc(C(C)=NNc2nc(Cl)c(Cl)cc2Cl)c(OC)c1. The van der Waals surface area contributed by atoms with E-state index in [2.05, 4.69) is 15.5 Å². The van der Waals surface area contributed by atoms with Gasteiger partial charge in [0.25, 0.3) is 0 Å². The molecule has 1 N–H and O–H groups in total. The lowest BCUT2D eigenvalue weighted by molar-refractivity contribution is 0.394. The first kappa shape index (κ1) is 17.7. The lowest BCUT2D eigenvalue weighted by atomic mass is 10.1. The second-order valence-corrected chi connectivity index (χ2v) is 5.64. The van der Waals surface area contributed by atoms with Gasteiger partial charge in [0.05, 0.1) is 30.0 Å². The number of hydrazone groups is 1. The molecule has 0 unspecified atom stereocenters. The van der Waals surface area contributed by atoms with Crippen molar-refractivity contribution < 1.29 is 9.47 Å². The summed E-state index contributed by atoms with van der Waals surface area (Å²) in [5.41, 5.74) is 4.25. The van der Waals surface area contributed by atoms with E-state index >= 15 is 0 Å². The van der Waals surface area contributed by atoms with Crippen molar-refractivity contribution in [3.05, 3.63) is 45.0 Å². The van der Waals surface area contributed by atoms with Gasteiger partial charge < -0.3 is 9.47 Å². The van der Waals surface area contributed by atoms with Crippen molar-refractivity contribution in [1.82, 2.24) is 4.98 Å². The van der Waals surface area contributed by atoms with Gasteiger partial charge in [0.15, 0.2) is 5.82 Å². The molecule has 0 saturated carbocycles. The summed E-state index contributed by atoms with van der Waals surface area (Å²) < 4.78 is 10.5. The summed E-state index contributed by atoms with van der Waals surface area (Å²) in [7, 11) is 3.17. The minimum Gasteiger partial charge on any atom is -0.497 e. The summed E-state index contributed by atoms with van der Waals surface area (Å²) in [5.74, 6) is 1.65. The van der Waals surface area contributed by atoms with Crippen molar-refractivity contribution in [3.8, 4) is 11.5 Å². The van der Waals surface area contributed by atoms with E-state index in [1.165, 1.54) is 6.07 Å². The van der Waals surface area contributed by atoms with Crippen LogP contribution in [-0.2, 0) is 0 Å². The summed E-state index contributed by atoms with van der Waals surface area (Å²) in [5, 5.41) is 5.00. The quantitative estimate of drug-likeness (QED) is 0.460. The second-order valence-electron chi connectivity index (χ2n) is 4.47. The fraction of sp³-hybridized carbons (Fsp3) is 0.200. The zero-order valence-electron chi connectivity index (χ0n) is 12.7. The van der Waals surface area contributed by atoms with Crippen molar-refractivity contribution in [2.24, 2.45) is 5.10 Å². The predicted octanol–water partition coefficient (Wildman–Crippen LogP) is 4.90. The monoisotopic (exact) mass is 373 g/mol. The van der Waals surface area contributed by atoms with Crippen molar-refractivity contribution in [3.63, 3.8) is 0 Å². The van der Waals surface area contributed by atoms with Gasteiger partial charge >= 0.3 is 0 Å². The normalized spacial score (nSPS) is 11.3. The highest BCUT2D eigenvalue weighted by Crippen LogP contribution is 2.29. The van der Waals surface area contributed by atoms with E-state index in [-0.39, 0.29) is 10.2 Å². The molecule has 8 heteroatoms. The average Bonchev–Trinajstić information content (AvgIpc) is 2.55. The number of anilines is 1. The molecule has 0 aliphatic rings. The maximum absolute atomic E-state index is 6.05. The molecule has 5 nitrogen and oxygen atoms in total. The summed E-state index contributed by atoms with van der Waals surface area (Å²) in [6.45, 7) is 1.82. The minimum absolute atomic E-state index is 0.147. The summed E-state index contributed by atoms with van der Waals surface area (Å²) in [4.78, 5) is 4.04. The third-order valence-corrected chi connectivity index (χ3v) is 3.98. The van der Waals surface area contributed by atoms with Gasteiger partial charge in [-0.25, -0.2) is 4.98 Å². The molecule has 0 saturated heterocycles. The van der Waals surface area contributed by atoms with Crippen LogP contribution in [0.5, 0.6) is 11.5 Å². The molecule has 2 aromatic rings. The van der Waals surface area contributed by atoms with Crippen LogP contribution in [-0.4, -0.2) is 24.9 Å². The van der Waals surface area contributed by atoms with Crippen LogP contribution in [0.1, 0.15) is 12.5 Å². The lowest BCUT2D eigenvalue weighted by Crippen LogP contribution is -2.04. The van der Waals surface area contributed by atoms with E-state index in [1.54, 1.807) is 20.3 Å². The van der Waals surface area contributed by atoms with E-state index in [9.17, 15) is 0 Å². The molecule has 1 aromatic carbocycles. The number of aromatic nitrogens is 1. The largest absolute Gasteiger partial charge is 0.497 e. The molecule has 0 aliphatic carbocycles. The van der Waals surface area contributed by atoms with E-state index in [0.717, 1.165) is 5.56 Å². The smallest absolute Gasteiger partial charge is 0.166 e. The number of hydrogen-bond acceptors (Lipinski definition) is 5. The Morgan fingerprint density at radius 1 is 1.09 bits per heavy atom. The Bertz CT molecular complexity index is 751. The molecule has 122 valence electrons. The number of benzene rings is 1. The first-order valence-corrected chi connectivity index (χ1v) is 7.64. The maximum atomic E-state index is 6.05. The summed E-state index contributed by atoms with van der Waals surface area (Å²) in [6, 6.07) is 6.95. The minimum atomic E-state index is 0.147. The molecule has 0 aliphatic heterocycles. The van der Waals surface area contributed by atoms with E-state index in [4.69, 9.17) is 44.3 Å². The Hall–Kier alpha value is -1.69. The average molecular weight is 375 g/mol. The molecule has 0 spiro atoms. The van der Waals surface area contributed by atoms with Crippen LogP contribution < -0.4 is 14.9 Å². The number of pyridine rings is 1. The molecule has 0 amide bonds.